The van der Waals surface area contributed by atoms with Gasteiger partial charge in [0.25, 0.3) is 11.5 Å². The van der Waals surface area contributed by atoms with Gasteiger partial charge in [0.05, 0.1) is 11.7 Å². The van der Waals surface area contributed by atoms with Crippen LogP contribution in [0.4, 0.5) is 5.69 Å². The largest absolute Gasteiger partial charge is 0.393 e. The second-order valence-corrected chi connectivity index (χ2v) is 10.0. The number of likely N-dealkylation sites (tertiary alicyclic amines) is 2. The lowest BCUT2D eigenvalue weighted by Crippen LogP contribution is -2.44. The fraction of sp³-hybridized carbons (Fsp3) is 0.333. The lowest BCUT2D eigenvalue weighted by Gasteiger charge is -2.34. The molecule has 10 heteroatoms. The number of aromatic amines is 1. The highest BCUT2D eigenvalue weighted by Gasteiger charge is 2.32. The number of fused-ring (bicyclic) bond motifs is 1. The Kier molecular flexibility index (Phi) is 7.36. The number of benzene rings is 2. The summed E-state index contributed by atoms with van der Waals surface area (Å²) in [5, 5.41) is 17.6. The van der Waals surface area contributed by atoms with Crippen molar-refractivity contribution in [2.45, 2.75) is 31.4 Å². The Bertz CT molecular complexity index is 1400. The van der Waals surface area contributed by atoms with Crippen molar-refractivity contribution < 1.29 is 9.90 Å². The van der Waals surface area contributed by atoms with Crippen LogP contribution in [0.15, 0.2) is 64.6 Å². The first-order valence-corrected chi connectivity index (χ1v) is 12.8. The first kappa shape index (κ1) is 25.1. The predicted octanol–water partition coefficient (Wildman–Crippen LogP) is 4.29. The molecule has 2 fully saturated rings. The van der Waals surface area contributed by atoms with Gasteiger partial charge >= 0.3 is 0 Å². The molecule has 2 saturated heterocycles. The van der Waals surface area contributed by atoms with E-state index in [0.29, 0.717) is 34.4 Å². The average molecular weight is 521 g/mol. The number of nitrogens with zero attached hydrogens (tertiary/aromatic N) is 3. The van der Waals surface area contributed by atoms with Gasteiger partial charge < -0.3 is 20.3 Å². The van der Waals surface area contributed by atoms with E-state index in [2.05, 4.69) is 20.3 Å². The number of aliphatic hydroxyl groups is 1. The van der Waals surface area contributed by atoms with Crippen LogP contribution in [-0.2, 0) is 0 Å². The van der Waals surface area contributed by atoms with Crippen LogP contribution < -0.4 is 10.9 Å². The molecule has 0 saturated carbocycles. The predicted molar refractivity (Wildman–Crippen MR) is 144 cm³/mol. The molecule has 3 aromatic rings. The van der Waals surface area contributed by atoms with Gasteiger partial charge in [-0.15, -0.1) is 0 Å². The summed E-state index contributed by atoms with van der Waals surface area (Å²) in [7, 11) is 0. The summed E-state index contributed by atoms with van der Waals surface area (Å²) in [5.41, 5.74) is 9.58. The van der Waals surface area contributed by atoms with Crippen molar-refractivity contribution in [3.05, 3.63) is 81.2 Å². The van der Waals surface area contributed by atoms with E-state index in [-0.39, 0.29) is 28.8 Å². The van der Waals surface area contributed by atoms with Gasteiger partial charge in [-0.05, 0) is 67.8 Å². The smallest absolute Gasteiger partial charge is 0.258 e. The molecule has 0 bridgehead atoms. The minimum Gasteiger partial charge on any atom is -0.393 e. The zero-order chi connectivity index (χ0) is 25.9. The molecule has 2 aliphatic rings. The van der Waals surface area contributed by atoms with Gasteiger partial charge in [-0.3, -0.25) is 14.5 Å². The summed E-state index contributed by atoms with van der Waals surface area (Å²) >= 11 is 6.07. The highest BCUT2D eigenvalue weighted by molar-refractivity contribution is 6.31. The number of aromatic nitrogens is 1. The molecular formula is C27H29ClN6O3. The van der Waals surface area contributed by atoms with E-state index in [9.17, 15) is 14.7 Å². The number of carbonyl (C=O) groups excluding carboxylic acids is 1. The Morgan fingerprint density at radius 2 is 1.86 bits per heavy atom. The zero-order valence-electron chi connectivity index (χ0n) is 20.3. The number of hydrogen-bond acceptors (Lipinski definition) is 7. The van der Waals surface area contributed by atoms with Crippen LogP contribution in [0, 0.1) is 5.53 Å². The SMILES string of the molecule is N=N/C(=C\Nc1ccc(C(=O)N2CCC(N3CCC(O)CC3)C2)cc1)c1cc2cc(Cl)ccc2[nH]c1=O. The van der Waals surface area contributed by atoms with Gasteiger partial charge in [0.1, 0.15) is 5.70 Å². The quantitative estimate of drug-likeness (QED) is 0.361. The maximum absolute atomic E-state index is 13.1. The molecule has 1 atom stereocenters. The summed E-state index contributed by atoms with van der Waals surface area (Å²) in [6.07, 6.45) is 3.84. The standard InChI is InChI=1S/C27H29ClN6O3/c28-19-3-6-24-18(13-19)14-23(26(36)31-24)25(32-29)15-30-20-4-1-17(2-5-20)27(37)34-10-7-21(16-34)33-11-8-22(35)9-12-33/h1-6,13-15,21-22,29-30,35H,7-12,16H2,(H,31,36)/b25-15-,32-29?. The molecule has 0 spiro atoms. The summed E-state index contributed by atoms with van der Waals surface area (Å²) in [6, 6.07) is 14.3. The number of piperidine rings is 1. The van der Waals surface area contributed by atoms with Crippen LogP contribution in [0.2, 0.25) is 5.02 Å². The number of anilines is 1. The highest BCUT2D eigenvalue weighted by Crippen LogP contribution is 2.24. The number of nitrogens with one attached hydrogen (secondary N) is 3. The van der Waals surface area contributed by atoms with Crippen molar-refractivity contribution in [2.24, 2.45) is 5.11 Å². The van der Waals surface area contributed by atoms with Gasteiger partial charge in [-0.25, -0.2) is 5.53 Å². The van der Waals surface area contributed by atoms with Crippen LogP contribution in [0.5, 0.6) is 0 Å². The van der Waals surface area contributed by atoms with Crippen LogP contribution >= 0.6 is 11.6 Å². The minimum atomic E-state index is -0.357. The summed E-state index contributed by atoms with van der Waals surface area (Å²) in [4.78, 5) is 32.7. The first-order chi connectivity index (χ1) is 17.9. The number of amides is 1. The molecule has 3 heterocycles. The monoisotopic (exact) mass is 520 g/mol. The van der Waals surface area contributed by atoms with E-state index in [1.807, 2.05) is 4.90 Å². The van der Waals surface area contributed by atoms with Crippen LogP contribution in [-0.4, -0.2) is 64.1 Å². The fourth-order valence-electron chi connectivity index (χ4n) is 5.06. The zero-order valence-corrected chi connectivity index (χ0v) is 21.0. The van der Waals surface area contributed by atoms with E-state index in [1.54, 1.807) is 48.5 Å². The molecule has 5 rings (SSSR count). The van der Waals surface area contributed by atoms with Crippen molar-refractivity contribution in [3.8, 4) is 0 Å². The Hall–Kier alpha value is -3.53. The topological polar surface area (TPSA) is 125 Å². The third kappa shape index (κ3) is 5.58. The number of halogens is 1. The van der Waals surface area contributed by atoms with Crippen molar-refractivity contribution in [1.29, 1.82) is 5.53 Å². The Morgan fingerprint density at radius 3 is 2.59 bits per heavy atom. The van der Waals surface area contributed by atoms with E-state index >= 15 is 0 Å². The summed E-state index contributed by atoms with van der Waals surface area (Å²) in [5.74, 6) is 0.00448. The molecule has 2 aromatic carbocycles. The molecule has 1 amide bonds. The van der Waals surface area contributed by atoms with Gasteiger partial charge in [0.15, 0.2) is 0 Å². The number of hydrogen-bond donors (Lipinski definition) is 4. The van der Waals surface area contributed by atoms with Gasteiger partial charge in [-0.2, -0.15) is 5.11 Å². The molecule has 2 aliphatic heterocycles. The lowest BCUT2D eigenvalue weighted by molar-refractivity contribution is 0.0592. The molecule has 192 valence electrons. The third-order valence-electron chi connectivity index (χ3n) is 7.18. The van der Waals surface area contributed by atoms with Gasteiger partial charge in [0.2, 0.25) is 0 Å². The van der Waals surface area contributed by atoms with Gasteiger partial charge in [-0.1, -0.05) is 11.6 Å². The normalized spacial score (nSPS) is 19.4. The number of rotatable bonds is 6. The van der Waals surface area contributed by atoms with Crippen molar-refractivity contribution in [2.75, 3.05) is 31.5 Å². The molecule has 4 N–H and O–H groups in total. The highest BCUT2D eigenvalue weighted by atomic mass is 35.5. The number of aliphatic hydroxyl groups excluding tert-OH is 1. The maximum Gasteiger partial charge on any atom is 0.258 e. The summed E-state index contributed by atoms with van der Waals surface area (Å²) < 4.78 is 0. The van der Waals surface area contributed by atoms with E-state index in [1.165, 1.54) is 6.20 Å². The number of carbonyl (C=O) groups is 1. The van der Waals surface area contributed by atoms with Crippen LogP contribution in [0.25, 0.3) is 16.6 Å². The Labute approximate surface area is 219 Å². The van der Waals surface area contributed by atoms with E-state index < -0.39 is 0 Å². The molecule has 37 heavy (non-hydrogen) atoms. The van der Waals surface area contributed by atoms with Crippen LogP contribution in [0.3, 0.4) is 0 Å². The summed E-state index contributed by atoms with van der Waals surface area (Å²) in [6.45, 7) is 3.20. The van der Waals surface area contributed by atoms with E-state index in [0.717, 1.165) is 44.3 Å². The molecular weight excluding hydrogens is 492 g/mol. The molecule has 1 unspecified atom stereocenters. The van der Waals surface area contributed by atoms with Crippen LogP contribution in [0.1, 0.15) is 35.2 Å². The fourth-order valence-corrected chi connectivity index (χ4v) is 5.24. The van der Waals surface area contributed by atoms with Crippen molar-refractivity contribution >= 4 is 39.8 Å². The molecule has 9 nitrogen and oxygen atoms in total. The average Bonchev–Trinajstić information content (AvgIpc) is 3.40. The molecule has 0 aliphatic carbocycles. The van der Waals surface area contributed by atoms with Gasteiger partial charge in [0, 0.05) is 65.6 Å². The third-order valence-corrected chi connectivity index (χ3v) is 7.41. The first-order valence-electron chi connectivity index (χ1n) is 12.4. The second kappa shape index (κ2) is 10.8. The van der Waals surface area contributed by atoms with E-state index in [4.69, 9.17) is 17.1 Å². The Morgan fingerprint density at radius 1 is 1.11 bits per heavy atom. The maximum atomic E-state index is 13.1. The lowest BCUT2D eigenvalue weighted by atomic mass is 10.1. The molecule has 1 aromatic heterocycles. The van der Waals surface area contributed by atoms with Crippen molar-refractivity contribution in [1.82, 2.24) is 14.8 Å². The number of pyridine rings is 1. The Balaban J connectivity index is 1.24. The minimum absolute atomic E-state index is 0.00448. The van der Waals surface area contributed by atoms with Crippen molar-refractivity contribution in [3.63, 3.8) is 0 Å². The molecule has 0 radical (unpaired) electrons. The second-order valence-electron chi connectivity index (χ2n) is 9.57. The number of H-pyrrole nitrogens is 1.